The van der Waals surface area contributed by atoms with E-state index in [1.807, 2.05) is 50.3 Å². The van der Waals surface area contributed by atoms with Gasteiger partial charge in [0.05, 0.1) is 18.4 Å². The molecule has 0 amide bonds. The summed E-state index contributed by atoms with van der Waals surface area (Å²) >= 11 is 0. The molecule has 2 atom stereocenters. The Kier molecular flexibility index (Phi) is 7.04. The molecule has 2 unspecified atom stereocenters. The van der Waals surface area contributed by atoms with Crippen LogP contribution in [0, 0.1) is 11.8 Å². The lowest BCUT2D eigenvalue weighted by molar-refractivity contribution is -0.162. The van der Waals surface area contributed by atoms with Gasteiger partial charge in [0, 0.05) is 0 Å². The van der Waals surface area contributed by atoms with Gasteiger partial charge in [0.15, 0.2) is 0 Å². The van der Waals surface area contributed by atoms with Gasteiger partial charge in [0.25, 0.3) is 0 Å². The maximum atomic E-state index is 12.5. The van der Waals surface area contributed by atoms with E-state index in [4.69, 9.17) is 9.47 Å². The van der Waals surface area contributed by atoms with Gasteiger partial charge >= 0.3 is 11.9 Å². The van der Waals surface area contributed by atoms with Crippen LogP contribution in [0.25, 0.3) is 0 Å². The number of unbranched alkanes of at least 4 members (excludes halogenated alkanes) is 1. The summed E-state index contributed by atoms with van der Waals surface area (Å²) in [5, 5.41) is 0. The Morgan fingerprint density at radius 1 is 1.08 bits per heavy atom. The van der Waals surface area contributed by atoms with E-state index in [2.05, 4.69) is 0 Å². The number of carbonyl (C=O) groups is 2. The van der Waals surface area contributed by atoms with Crippen LogP contribution >= 0.6 is 0 Å². The Morgan fingerprint density at radius 3 is 2.50 bits per heavy atom. The molecule has 0 aliphatic heterocycles. The van der Waals surface area contributed by atoms with Crippen LogP contribution in [0.15, 0.2) is 42.0 Å². The highest BCUT2D eigenvalue weighted by Crippen LogP contribution is 2.32. The minimum absolute atomic E-state index is 0.233. The van der Waals surface area contributed by atoms with Gasteiger partial charge in [-0.3, -0.25) is 9.59 Å². The molecule has 0 aromatic heterocycles. The van der Waals surface area contributed by atoms with Gasteiger partial charge in [-0.1, -0.05) is 55.3 Å². The monoisotopic (exact) mass is 330 g/mol. The molecule has 130 valence electrons. The molecule has 0 spiro atoms. The van der Waals surface area contributed by atoms with Gasteiger partial charge < -0.3 is 9.47 Å². The highest BCUT2D eigenvalue weighted by molar-refractivity contribution is 5.83. The Bertz CT molecular complexity index is 577. The molecule has 0 fully saturated rings. The molecule has 24 heavy (non-hydrogen) atoms. The van der Waals surface area contributed by atoms with Crippen LogP contribution in [0.3, 0.4) is 0 Å². The summed E-state index contributed by atoms with van der Waals surface area (Å²) in [6, 6.07) is 9.55. The number of ether oxygens (including phenoxy) is 2. The van der Waals surface area contributed by atoms with Crippen molar-refractivity contribution in [3.8, 4) is 0 Å². The van der Waals surface area contributed by atoms with Crippen molar-refractivity contribution in [2.24, 2.45) is 11.8 Å². The van der Waals surface area contributed by atoms with Gasteiger partial charge in [-0.05, 0) is 31.7 Å². The smallest absolute Gasteiger partial charge is 0.310 e. The summed E-state index contributed by atoms with van der Waals surface area (Å²) in [4.78, 5) is 24.8. The van der Waals surface area contributed by atoms with Gasteiger partial charge in [0.1, 0.15) is 6.61 Å². The molecular formula is C20H26O4. The SMILES string of the molecule is CCCCOC(=O)C1CC(C)=CCC1C(=O)OCc1ccccc1. The van der Waals surface area contributed by atoms with Gasteiger partial charge in [-0.25, -0.2) is 0 Å². The average Bonchev–Trinajstić information content (AvgIpc) is 2.60. The third-order valence-corrected chi connectivity index (χ3v) is 4.32. The lowest BCUT2D eigenvalue weighted by Gasteiger charge is -2.27. The summed E-state index contributed by atoms with van der Waals surface area (Å²) in [6.07, 6.45) is 4.93. The molecule has 2 rings (SSSR count). The largest absolute Gasteiger partial charge is 0.465 e. The summed E-state index contributed by atoms with van der Waals surface area (Å²) in [7, 11) is 0. The minimum atomic E-state index is -0.452. The number of hydrogen-bond acceptors (Lipinski definition) is 4. The number of benzene rings is 1. The van der Waals surface area contributed by atoms with Gasteiger partial charge in [-0.2, -0.15) is 0 Å². The Balaban J connectivity index is 1.96. The van der Waals surface area contributed by atoms with Crippen LogP contribution in [-0.4, -0.2) is 18.5 Å². The number of carbonyl (C=O) groups excluding carboxylic acids is 2. The predicted molar refractivity (Wildman–Crippen MR) is 92.1 cm³/mol. The predicted octanol–water partition coefficient (Wildman–Crippen LogP) is 4.05. The molecule has 1 aromatic carbocycles. The third-order valence-electron chi connectivity index (χ3n) is 4.32. The molecule has 1 aliphatic rings. The summed E-state index contributed by atoms with van der Waals surface area (Å²) in [6.45, 7) is 4.68. The molecule has 1 aliphatic carbocycles. The number of esters is 2. The van der Waals surface area contributed by atoms with Crippen molar-refractivity contribution >= 4 is 11.9 Å². The van der Waals surface area contributed by atoms with Crippen molar-refractivity contribution in [3.63, 3.8) is 0 Å². The van der Waals surface area contributed by atoms with Crippen molar-refractivity contribution in [3.05, 3.63) is 47.5 Å². The average molecular weight is 330 g/mol. The first-order valence-corrected chi connectivity index (χ1v) is 8.64. The molecule has 4 nitrogen and oxygen atoms in total. The quantitative estimate of drug-likeness (QED) is 0.430. The van der Waals surface area contributed by atoms with Crippen molar-refractivity contribution in [1.29, 1.82) is 0 Å². The van der Waals surface area contributed by atoms with E-state index < -0.39 is 11.8 Å². The Morgan fingerprint density at radius 2 is 1.79 bits per heavy atom. The lowest BCUT2D eigenvalue weighted by Crippen LogP contribution is -2.34. The van der Waals surface area contributed by atoms with E-state index in [0.29, 0.717) is 19.4 Å². The topological polar surface area (TPSA) is 52.6 Å². The number of rotatable bonds is 7. The fraction of sp³-hybridized carbons (Fsp3) is 0.500. The number of allylic oxidation sites excluding steroid dienone is 2. The summed E-state index contributed by atoms with van der Waals surface area (Å²) in [5.41, 5.74) is 2.06. The standard InChI is InChI=1S/C20H26O4/c1-3-4-12-23-20(22)18-13-15(2)10-11-17(18)19(21)24-14-16-8-6-5-7-9-16/h5-10,17-18H,3-4,11-14H2,1-2H3. The Labute approximate surface area is 143 Å². The van der Waals surface area contributed by atoms with Crippen LogP contribution in [-0.2, 0) is 25.7 Å². The summed E-state index contributed by atoms with van der Waals surface area (Å²) < 4.78 is 10.8. The van der Waals surface area contributed by atoms with Gasteiger partial charge in [0.2, 0.25) is 0 Å². The molecular weight excluding hydrogens is 304 g/mol. The van der Waals surface area contributed by atoms with Crippen LogP contribution in [0.2, 0.25) is 0 Å². The third kappa shape index (κ3) is 5.22. The molecule has 0 radical (unpaired) electrons. The van der Waals surface area contributed by atoms with E-state index in [1.165, 1.54) is 0 Å². The fourth-order valence-corrected chi connectivity index (χ4v) is 2.83. The fourth-order valence-electron chi connectivity index (χ4n) is 2.83. The van der Waals surface area contributed by atoms with E-state index in [-0.39, 0.29) is 18.5 Å². The first-order chi connectivity index (χ1) is 11.6. The first kappa shape index (κ1) is 18.2. The second-order valence-electron chi connectivity index (χ2n) is 6.32. The molecule has 1 aromatic rings. The number of hydrogen-bond donors (Lipinski definition) is 0. The molecule has 0 heterocycles. The second kappa shape index (κ2) is 9.26. The van der Waals surface area contributed by atoms with Crippen molar-refractivity contribution < 1.29 is 19.1 Å². The minimum Gasteiger partial charge on any atom is -0.465 e. The van der Waals surface area contributed by atoms with E-state index in [0.717, 1.165) is 24.0 Å². The van der Waals surface area contributed by atoms with E-state index in [9.17, 15) is 9.59 Å². The zero-order valence-electron chi connectivity index (χ0n) is 14.5. The molecule has 0 N–H and O–H groups in total. The summed E-state index contributed by atoms with van der Waals surface area (Å²) in [5.74, 6) is -1.49. The molecule has 0 saturated carbocycles. The van der Waals surface area contributed by atoms with Crippen molar-refractivity contribution in [2.45, 2.75) is 46.1 Å². The zero-order valence-corrected chi connectivity index (χ0v) is 14.5. The zero-order chi connectivity index (χ0) is 17.4. The van der Waals surface area contributed by atoms with Crippen molar-refractivity contribution in [1.82, 2.24) is 0 Å². The van der Waals surface area contributed by atoms with Crippen LogP contribution in [0.4, 0.5) is 0 Å². The highest BCUT2D eigenvalue weighted by atomic mass is 16.5. The van der Waals surface area contributed by atoms with E-state index >= 15 is 0 Å². The highest BCUT2D eigenvalue weighted by Gasteiger charge is 2.37. The maximum absolute atomic E-state index is 12.5. The molecule has 4 heteroatoms. The lowest BCUT2D eigenvalue weighted by atomic mass is 9.80. The second-order valence-corrected chi connectivity index (χ2v) is 6.32. The molecule has 0 bridgehead atoms. The van der Waals surface area contributed by atoms with Crippen LogP contribution < -0.4 is 0 Å². The molecule has 0 saturated heterocycles. The van der Waals surface area contributed by atoms with Crippen molar-refractivity contribution in [2.75, 3.05) is 6.61 Å². The van der Waals surface area contributed by atoms with Gasteiger partial charge in [-0.15, -0.1) is 0 Å². The van der Waals surface area contributed by atoms with E-state index in [1.54, 1.807) is 0 Å². The maximum Gasteiger partial charge on any atom is 0.310 e. The Hall–Kier alpha value is -2.10. The normalized spacial score (nSPS) is 20.2. The first-order valence-electron chi connectivity index (χ1n) is 8.64. The van der Waals surface area contributed by atoms with Crippen LogP contribution in [0.1, 0.15) is 45.1 Å². The van der Waals surface area contributed by atoms with Crippen LogP contribution in [0.5, 0.6) is 0 Å².